The standard InChI is InChI=1S/C15H21NO/c16-11-15(9-3-4-10-15)13-5-1-2-6-14(13)17-12-7-8-12/h1-2,5-6,12H,3-4,7-11,16H2. The predicted octanol–water partition coefficient (Wildman–Crippen LogP) is 3.00. The number of hydrogen-bond donors (Lipinski definition) is 1. The molecule has 92 valence electrons. The molecule has 1 aromatic rings. The second-order valence-electron chi connectivity index (χ2n) is 5.50. The van der Waals surface area contributed by atoms with Gasteiger partial charge in [0, 0.05) is 17.5 Å². The minimum Gasteiger partial charge on any atom is -0.490 e. The molecule has 2 nitrogen and oxygen atoms in total. The molecule has 0 spiro atoms. The van der Waals surface area contributed by atoms with E-state index < -0.39 is 0 Å². The van der Waals surface area contributed by atoms with Crippen molar-refractivity contribution < 1.29 is 4.74 Å². The summed E-state index contributed by atoms with van der Waals surface area (Å²) in [6.07, 6.45) is 7.92. The van der Waals surface area contributed by atoms with E-state index in [1.54, 1.807) is 0 Å². The van der Waals surface area contributed by atoms with Crippen LogP contribution in [0.4, 0.5) is 0 Å². The van der Waals surface area contributed by atoms with Crippen molar-refractivity contribution >= 4 is 0 Å². The molecule has 2 N–H and O–H groups in total. The van der Waals surface area contributed by atoms with Gasteiger partial charge in [0.1, 0.15) is 5.75 Å². The van der Waals surface area contributed by atoms with Crippen molar-refractivity contribution in [3.05, 3.63) is 29.8 Å². The fourth-order valence-electron chi connectivity index (χ4n) is 3.01. The molecule has 2 aliphatic rings. The lowest BCUT2D eigenvalue weighted by Gasteiger charge is -2.29. The van der Waals surface area contributed by atoms with E-state index in [9.17, 15) is 0 Å². The number of ether oxygens (including phenoxy) is 1. The zero-order valence-corrected chi connectivity index (χ0v) is 10.3. The second-order valence-corrected chi connectivity index (χ2v) is 5.50. The van der Waals surface area contributed by atoms with Gasteiger partial charge in [0.05, 0.1) is 6.10 Å². The maximum Gasteiger partial charge on any atom is 0.123 e. The molecule has 0 saturated heterocycles. The summed E-state index contributed by atoms with van der Waals surface area (Å²) in [6.45, 7) is 0.748. The molecular weight excluding hydrogens is 210 g/mol. The molecular formula is C15H21NO. The Kier molecular flexibility index (Phi) is 2.83. The van der Waals surface area contributed by atoms with Gasteiger partial charge in [0.25, 0.3) is 0 Å². The molecule has 2 fully saturated rings. The fraction of sp³-hybridized carbons (Fsp3) is 0.600. The third kappa shape index (κ3) is 2.06. The van der Waals surface area contributed by atoms with E-state index in [4.69, 9.17) is 10.5 Å². The third-order valence-corrected chi connectivity index (χ3v) is 4.23. The van der Waals surface area contributed by atoms with Gasteiger partial charge in [-0.25, -0.2) is 0 Å². The van der Waals surface area contributed by atoms with Gasteiger partial charge in [-0.15, -0.1) is 0 Å². The van der Waals surface area contributed by atoms with Gasteiger partial charge in [-0.3, -0.25) is 0 Å². The summed E-state index contributed by atoms with van der Waals surface area (Å²) in [6, 6.07) is 8.52. The van der Waals surface area contributed by atoms with Crippen LogP contribution in [0.1, 0.15) is 44.1 Å². The molecule has 3 rings (SSSR count). The van der Waals surface area contributed by atoms with Crippen LogP contribution in [0.3, 0.4) is 0 Å². The largest absolute Gasteiger partial charge is 0.490 e. The molecule has 0 atom stereocenters. The topological polar surface area (TPSA) is 35.2 Å². The van der Waals surface area contributed by atoms with Crippen LogP contribution in [-0.4, -0.2) is 12.6 Å². The number of benzene rings is 1. The molecule has 0 bridgehead atoms. The average molecular weight is 231 g/mol. The van der Waals surface area contributed by atoms with Gasteiger partial charge < -0.3 is 10.5 Å². The lowest BCUT2D eigenvalue weighted by atomic mass is 9.78. The van der Waals surface area contributed by atoms with Crippen LogP contribution >= 0.6 is 0 Å². The highest BCUT2D eigenvalue weighted by atomic mass is 16.5. The van der Waals surface area contributed by atoms with E-state index in [1.807, 2.05) is 0 Å². The van der Waals surface area contributed by atoms with Crippen LogP contribution in [0, 0.1) is 0 Å². The van der Waals surface area contributed by atoms with Crippen molar-refractivity contribution in [3.63, 3.8) is 0 Å². The third-order valence-electron chi connectivity index (χ3n) is 4.23. The van der Waals surface area contributed by atoms with Crippen LogP contribution in [0.25, 0.3) is 0 Å². The normalized spacial score (nSPS) is 22.6. The van der Waals surface area contributed by atoms with E-state index in [2.05, 4.69) is 24.3 Å². The molecule has 1 aromatic carbocycles. The van der Waals surface area contributed by atoms with Crippen molar-refractivity contribution in [2.24, 2.45) is 5.73 Å². The Bertz CT molecular complexity index is 392. The molecule has 0 aliphatic heterocycles. The smallest absolute Gasteiger partial charge is 0.123 e. The highest BCUT2D eigenvalue weighted by molar-refractivity contribution is 5.41. The van der Waals surface area contributed by atoms with Gasteiger partial charge >= 0.3 is 0 Å². The Morgan fingerprint density at radius 3 is 2.53 bits per heavy atom. The first-order chi connectivity index (χ1) is 8.34. The SMILES string of the molecule is NCC1(c2ccccc2OC2CC2)CCCC1. The van der Waals surface area contributed by atoms with Crippen LogP contribution in [0.5, 0.6) is 5.75 Å². The van der Waals surface area contributed by atoms with Crippen LogP contribution < -0.4 is 10.5 Å². The molecule has 2 heteroatoms. The Balaban J connectivity index is 1.93. The lowest BCUT2D eigenvalue weighted by Crippen LogP contribution is -2.32. The van der Waals surface area contributed by atoms with E-state index in [0.29, 0.717) is 6.10 Å². The van der Waals surface area contributed by atoms with E-state index in [-0.39, 0.29) is 5.41 Å². The molecule has 17 heavy (non-hydrogen) atoms. The van der Waals surface area contributed by atoms with Gasteiger partial charge in [-0.05, 0) is 31.7 Å². The summed E-state index contributed by atoms with van der Waals surface area (Å²) in [5.41, 5.74) is 7.60. The van der Waals surface area contributed by atoms with Gasteiger partial charge in [0.15, 0.2) is 0 Å². The summed E-state index contributed by atoms with van der Waals surface area (Å²) in [5.74, 6) is 1.09. The van der Waals surface area contributed by atoms with Crippen molar-refractivity contribution in [2.75, 3.05) is 6.54 Å². The number of rotatable bonds is 4. The van der Waals surface area contributed by atoms with E-state index in [1.165, 1.54) is 44.1 Å². The first-order valence-electron chi connectivity index (χ1n) is 6.80. The van der Waals surface area contributed by atoms with E-state index >= 15 is 0 Å². The predicted molar refractivity (Wildman–Crippen MR) is 69.3 cm³/mol. The first-order valence-corrected chi connectivity index (χ1v) is 6.80. The van der Waals surface area contributed by atoms with Crippen LogP contribution in [-0.2, 0) is 5.41 Å². The summed E-state index contributed by atoms with van der Waals surface area (Å²) in [7, 11) is 0. The van der Waals surface area contributed by atoms with Gasteiger partial charge in [-0.1, -0.05) is 31.0 Å². The minimum absolute atomic E-state index is 0.186. The second kappa shape index (κ2) is 4.34. The van der Waals surface area contributed by atoms with Crippen molar-refractivity contribution in [3.8, 4) is 5.75 Å². The van der Waals surface area contributed by atoms with Gasteiger partial charge in [0.2, 0.25) is 0 Å². The maximum atomic E-state index is 6.06. The summed E-state index contributed by atoms with van der Waals surface area (Å²) >= 11 is 0. The zero-order chi connectivity index (χ0) is 11.7. The first kappa shape index (κ1) is 11.1. The van der Waals surface area contributed by atoms with Crippen molar-refractivity contribution in [2.45, 2.75) is 50.0 Å². The minimum atomic E-state index is 0.186. The summed E-state index contributed by atoms with van der Waals surface area (Å²) < 4.78 is 6.04. The molecule has 0 heterocycles. The fourth-order valence-corrected chi connectivity index (χ4v) is 3.01. The van der Waals surface area contributed by atoms with Gasteiger partial charge in [-0.2, -0.15) is 0 Å². The molecule has 0 amide bonds. The molecule has 0 unspecified atom stereocenters. The Morgan fingerprint density at radius 2 is 1.88 bits per heavy atom. The van der Waals surface area contributed by atoms with Crippen molar-refractivity contribution in [1.82, 2.24) is 0 Å². The quantitative estimate of drug-likeness (QED) is 0.864. The van der Waals surface area contributed by atoms with Crippen molar-refractivity contribution in [1.29, 1.82) is 0 Å². The van der Waals surface area contributed by atoms with Crippen LogP contribution in [0.15, 0.2) is 24.3 Å². The van der Waals surface area contributed by atoms with E-state index in [0.717, 1.165) is 12.3 Å². The lowest BCUT2D eigenvalue weighted by molar-refractivity contribution is 0.290. The number of hydrogen-bond acceptors (Lipinski definition) is 2. The molecule has 0 aromatic heterocycles. The Morgan fingerprint density at radius 1 is 1.18 bits per heavy atom. The highest BCUT2D eigenvalue weighted by Gasteiger charge is 2.37. The molecule has 2 saturated carbocycles. The monoisotopic (exact) mass is 231 g/mol. The average Bonchev–Trinajstić information content (AvgIpc) is 3.05. The molecule has 0 radical (unpaired) electrons. The Hall–Kier alpha value is -1.02. The molecule has 2 aliphatic carbocycles. The summed E-state index contributed by atoms with van der Waals surface area (Å²) in [5, 5.41) is 0. The maximum absolute atomic E-state index is 6.06. The zero-order valence-electron chi connectivity index (χ0n) is 10.3. The highest BCUT2D eigenvalue weighted by Crippen LogP contribution is 2.44. The number of nitrogens with two attached hydrogens (primary N) is 1. The Labute approximate surface area is 103 Å². The van der Waals surface area contributed by atoms with Crippen LogP contribution in [0.2, 0.25) is 0 Å². The summed E-state index contributed by atoms with van der Waals surface area (Å²) in [4.78, 5) is 0. The number of para-hydroxylation sites is 1.